The molecule has 6 heteroatoms. The number of nitrogens with zero attached hydrogens (tertiary/aromatic N) is 1. The van der Waals surface area contributed by atoms with Gasteiger partial charge >= 0.3 is 12.0 Å². The number of hydrogen-bond acceptors (Lipinski definition) is 3. The van der Waals surface area contributed by atoms with Gasteiger partial charge in [0.25, 0.3) is 0 Å². The topological polar surface area (TPSA) is 69.6 Å². The van der Waals surface area contributed by atoms with Gasteiger partial charge in [-0.1, -0.05) is 6.92 Å². The lowest BCUT2D eigenvalue weighted by molar-refractivity contribution is -0.145. The number of carbonyl (C=O) groups is 2. The molecule has 1 aliphatic rings. The highest BCUT2D eigenvalue weighted by Gasteiger charge is 2.37. The molecule has 1 aliphatic heterocycles. The molecule has 2 unspecified atom stereocenters. The van der Waals surface area contributed by atoms with Gasteiger partial charge in [-0.25, -0.2) is 9.59 Å². The third-order valence-corrected chi connectivity index (χ3v) is 3.90. The molecule has 98 valence electrons. The Labute approximate surface area is 109 Å². The first-order valence-electron chi connectivity index (χ1n) is 5.92. The molecule has 2 heterocycles. The molecule has 1 aromatic rings. The van der Waals surface area contributed by atoms with Crippen LogP contribution in [0.1, 0.15) is 19.8 Å². The summed E-state index contributed by atoms with van der Waals surface area (Å²) in [5.41, 5.74) is 0.715. The summed E-state index contributed by atoms with van der Waals surface area (Å²) in [5.74, 6) is -0.938. The van der Waals surface area contributed by atoms with Crippen molar-refractivity contribution in [1.82, 2.24) is 4.90 Å². The molecule has 18 heavy (non-hydrogen) atoms. The summed E-state index contributed by atoms with van der Waals surface area (Å²) >= 11 is 1.49. The van der Waals surface area contributed by atoms with Crippen LogP contribution in [0.2, 0.25) is 0 Å². The van der Waals surface area contributed by atoms with Crippen molar-refractivity contribution in [2.24, 2.45) is 5.92 Å². The summed E-state index contributed by atoms with van der Waals surface area (Å²) in [6.45, 7) is 2.38. The molecular weight excluding hydrogens is 252 g/mol. The van der Waals surface area contributed by atoms with Crippen LogP contribution in [-0.2, 0) is 4.79 Å². The first kappa shape index (κ1) is 12.9. The van der Waals surface area contributed by atoms with E-state index in [1.54, 1.807) is 6.07 Å². The van der Waals surface area contributed by atoms with Crippen molar-refractivity contribution in [3.05, 3.63) is 16.8 Å². The lowest BCUT2D eigenvalue weighted by Gasteiger charge is -2.37. The largest absolute Gasteiger partial charge is 0.480 e. The fraction of sp³-hybridized carbons (Fsp3) is 0.500. The lowest BCUT2D eigenvalue weighted by Crippen LogP contribution is -2.53. The average Bonchev–Trinajstić information content (AvgIpc) is 2.80. The Bertz CT molecular complexity index is 433. The third kappa shape index (κ3) is 2.64. The molecule has 0 spiro atoms. The summed E-state index contributed by atoms with van der Waals surface area (Å²) in [7, 11) is 0. The smallest absolute Gasteiger partial charge is 0.326 e. The fourth-order valence-corrected chi connectivity index (χ4v) is 2.91. The monoisotopic (exact) mass is 268 g/mol. The molecule has 2 rings (SSSR count). The number of likely N-dealkylation sites (tertiary alicyclic amines) is 1. The van der Waals surface area contributed by atoms with Crippen LogP contribution in [0.3, 0.4) is 0 Å². The van der Waals surface area contributed by atoms with E-state index < -0.39 is 12.0 Å². The molecule has 2 amide bonds. The number of urea groups is 1. The fourth-order valence-electron chi connectivity index (χ4n) is 2.32. The molecule has 5 nitrogen and oxygen atoms in total. The number of hydrogen-bond donors (Lipinski definition) is 2. The van der Waals surface area contributed by atoms with Gasteiger partial charge in [-0.3, -0.25) is 0 Å². The molecule has 0 aliphatic carbocycles. The minimum atomic E-state index is -0.928. The molecule has 0 aromatic carbocycles. The normalized spacial score (nSPS) is 23.7. The van der Waals surface area contributed by atoms with Crippen LogP contribution < -0.4 is 5.32 Å². The summed E-state index contributed by atoms with van der Waals surface area (Å²) in [4.78, 5) is 24.8. The number of amides is 2. The zero-order valence-corrected chi connectivity index (χ0v) is 10.9. The van der Waals surface area contributed by atoms with Crippen molar-refractivity contribution in [2.45, 2.75) is 25.8 Å². The maximum Gasteiger partial charge on any atom is 0.326 e. The van der Waals surface area contributed by atoms with Crippen molar-refractivity contribution in [1.29, 1.82) is 0 Å². The Balaban J connectivity index is 2.09. The van der Waals surface area contributed by atoms with Crippen LogP contribution in [-0.4, -0.2) is 34.6 Å². The second-order valence-corrected chi connectivity index (χ2v) is 5.32. The Morgan fingerprint density at radius 2 is 2.33 bits per heavy atom. The van der Waals surface area contributed by atoms with E-state index in [0.29, 0.717) is 12.2 Å². The van der Waals surface area contributed by atoms with Crippen LogP contribution in [0.25, 0.3) is 0 Å². The average molecular weight is 268 g/mol. The second-order valence-electron chi connectivity index (χ2n) is 4.54. The van der Waals surface area contributed by atoms with Crippen molar-refractivity contribution >= 4 is 29.0 Å². The van der Waals surface area contributed by atoms with Gasteiger partial charge in [0, 0.05) is 11.9 Å². The highest BCUT2D eigenvalue weighted by Crippen LogP contribution is 2.24. The van der Waals surface area contributed by atoms with E-state index in [1.807, 2.05) is 17.7 Å². The van der Waals surface area contributed by atoms with Gasteiger partial charge in [-0.2, -0.15) is 11.3 Å². The number of carboxylic acid groups (broad SMARTS) is 1. The van der Waals surface area contributed by atoms with E-state index in [1.165, 1.54) is 16.2 Å². The molecule has 0 bridgehead atoms. The highest BCUT2D eigenvalue weighted by molar-refractivity contribution is 7.08. The van der Waals surface area contributed by atoms with E-state index in [0.717, 1.165) is 12.8 Å². The molecular formula is C12H16N2O3S. The van der Waals surface area contributed by atoms with Crippen LogP contribution in [0, 0.1) is 5.92 Å². The second kappa shape index (κ2) is 5.39. The van der Waals surface area contributed by atoms with Gasteiger partial charge in [0.2, 0.25) is 0 Å². The maximum absolute atomic E-state index is 12.1. The minimum Gasteiger partial charge on any atom is -0.480 e. The van der Waals surface area contributed by atoms with Crippen LogP contribution in [0.4, 0.5) is 10.5 Å². The Hall–Kier alpha value is -1.56. The predicted molar refractivity (Wildman–Crippen MR) is 69.9 cm³/mol. The van der Waals surface area contributed by atoms with Crippen molar-refractivity contribution in [3.8, 4) is 0 Å². The molecule has 2 atom stereocenters. The number of nitrogens with one attached hydrogen (secondary N) is 1. The lowest BCUT2D eigenvalue weighted by atomic mass is 9.91. The Morgan fingerprint density at radius 3 is 2.94 bits per heavy atom. The number of carboxylic acids is 1. The zero-order chi connectivity index (χ0) is 13.1. The number of anilines is 1. The first-order valence-corrected chi connectivity index (χ1v) is 6.86. The first-order chi connectivity index (χ1) is 8.59. The van der Waals surface area contributed by atoms with Gasteiger partial charge in [0.15, 0.2) is 0 Å². The number of carbonyl (C=O) groups excluding carboxylic acids is 1. The number of aliphatic carboxylic acids is 1. The Morgan fingerprint density at radius 1 is 1.56 bits per heavy atom. The Kier molecular flexibility index (Phi) is 3.86. The molecule has 1 aromatic heterocycles. The number of piperidine rings is 1. The summed E-state index contributed by atoms with van der Waals surface area (Å²) in [6.07, 6.45) is 1.70. The van der Waals surface area contributed by atoms with Crippen LogP contribution in [0.5, 0.6) is 0 Å². The van der Waals surface area contributed by atoms with Gasteiger partial charge in [-0.15, -0.1) is 0 Å². The highest BCUT2D eigenvalue weighted by atomic mass is 32.1. The van der Waals surface area contributed by atoms with Crippen molar-refractivity contribution in [3.63, 3.8) is 0 Å². The van der Waals surface area contributed by atoms with E-state index >= 15 is 0 Å². The molecule has 1 saturated heterocycles. The van der Waals surface area contributed by atoms with Crippen LogP contribution in [0.15, 0.2) is 16.8 Å². The predicted octanol–water partition coefficient (Wildman–Crippen LogP) is 2.47. The quantitative estimate of drug-likeness (QED) is 0.865. The van der Waals surface area contributed by atoms with Gasteiger partial charge < -0.3 is 15.3 Å². The number of thiophene rings is 1. The number of rotatable bonds is 2. The van der Waals surface area contributed by atoms with E-state index in [9.17, 15) is 14.7 Å². The van der Waals surface area contributed by atoms with Crippen molar-refractivity contribution in [2.75, 3.05) is 11.9 Å². The molecule has 2 N–H and O–H groups in total. The van der Waals surface area contributed by atoms with Crippen molar-refractivity contribution < 1.29 is 14.7 Å². The summed E-state index contributed by atoms with van der Waals surface area (Å²) < 4.78 is 0. The van der Waals surface area contributed by atoms with Gasteiger partial charge in [0.05, 0.1) is 5.69 Å². The third-order valence-electron chi connectivity index (χ3n) is 3.22. The molecule has 0 radical (unpaired) electrons. The summed E-state index contributed by atoms with van der Waals surface area (Å²) in [6, 6.07) is 0.746. The summed E-state index contributed by atoms with van der Waals surface area (Å²) in [5, 5.41) is 15.7. The van der Waals surface area contributed by atoms with E-state index in [-0.39, 0.29) is 11.9 Å². The van der Waals surface area contributed by atoms with E-state index in [2.05, 4.69) is 5.32 Å². The molecule has 1 fully saturated rings. The van der Waals surface area contributed by atoms with E-state index in [4.69, 9.17) is 0 Å². The molecule has 0 saturated carbocycles. The van der Waals surface area contributed by atoms with Crippen LogP contribution >= 0.6 is 11.3 Å². The van der Waals surface area contributed by atoms with Gasteiger partial charge in [0.1, 0.15) is 6.04 Å². The standard InChI is InChI=1S/C12H16N2O3S/c1-8-3-2-5-14(10(8)11(15)16)12(17)13-9-4-6-18-7-9/h4,6-8,10H,2-3,5H2,1H3,(H,13,17)(H,15,16). The maximum atomic E-state index is 12.1. The minimum absolute atomic E-state index is 0.00975. The van der Waals surface area contributed by atoms with Gasteiger partial charge in [-0.05, 0) is 30.2 Å². The zero-order valence-electron chi connectivity index (χ0n) is 10.1. The SMILES string of the molecule is CC1CCCN(C(=O)Nc2ccsc2)C1C(=O)O.